The van der Waals surface area contributed by atoms with E-state index in [4.69, 9.17) is 0 Å². The van der Waals surface area contributed by atoms with Crippen LogP contribution in [0.5, 0.6) is 0 Å². The molecule has 0 aliphatic heterocycles. The van der Waals surface area contributed by atoms with Gasteiger partial charge in [0.15, 0.2) is 0 Å². The van der Waals surface area contributed by atoms with Gasteiger partial charge in [-0.15, -0.1) is 0 Å². The van der Waals surface area contributed by atoms with Crippen LogP contribution in [-0.2, 0) is 10.2 Å². The van der Waals surface area contributed by atoms with Gasteiger partial charge in [0.05, 0.1) is 5.41 Å². The van der Waals surface area contributed by atoms with E-state index in [1.54, 1.807) is 24.3 Å². The maximum atomic E-state index is 13.2. The molecule has 0 spiro atoms. The van der Waals surface area contributed by atoms with Crippen LogP contribution >= 0.6 is 15.9 Å². The fourth-order valence-electron chi connectivity index (χ4n) is 2.44. The lowest BCUT2D eigenvalue weighted by Gasteiger charge is -2.37. The molecule has 1 aliphatic rings. The Morgan fingerprint density at radius 2 is 1.61 bits per heavy atom. The van der Waals surface area contributed by atoms with Gasteiger partial charge < -0.3 is 5.11 Å². The Morgan fingerprint density at radius 1 is 1.11 bits per heavy atom. The minimum atomic E-state index is -2.73. The number of rotatable bonds is 2. The van der Waals surface area contributed by atoms with Gasteiger partial charge in [0, 0.05) is 17.3 Å². The number of aliphatic carboxylic acids is 1. The number of carboxylic acid groups (broad SMARTS) is 1. The van der Waals surface area contributed by atoms with Crippen molar-refractivity contribution in [3.63, 3.8) is 0 Å². The van der Waals surface area contributed by atoms with Gasteiger partial charge in [-0.2, -0.15) is 0 Å². The monoisotopic (exact) mass is 318 g/mol. The molecule has 0 atom stereocenters. The molecular formula is C13H13BrF2O2. The predicted octanol–water partition coefficient (Wildman–Crippen LogP) is 3.98. The zero-order valence-corrected chi connectivity index (χ0v) is 11.2. The Hall–Kier alpha value is -0.970. The van der Waals surface area contributed by atoms with Gasteiger partial charge in [0.25, 0.3) is 0 Å². The highest BCUT2D eigenvalue weighted by molar-refractivity contribution is 9.10. The molecule has 18 heavy (non-hydrogen) atoms. The van der Waals surface area contributed by atoms with Gasteiger partial charge in [-0.3, -0.25) is 4.79 Å². The van der Waals surface area contributed by atoms with E-state index in [1.165, 1.54) is 0 Å². The van der Waals surface area contributed by atoms with Crippen molar-refractivity contribution in [2.24, 2.45) is 0 Å². The highest BCUT2D eigenvalue weighted by atomic mass is 79.9. The van der Waals surface area contributed by atoms with Gasteiger partial charge in [0.2, 0.25) is 5.92 Å². The lowest BCUT2D eigenvalue weighted by Crippen LogP contribution is -2.42. The smallest absolute Gasteiger partial charge is 0.314 e. The topological polar surface area (TPSA) is 37.3 Å². The van der Waals surface area contributed by atoms with E-state index in [0.717, 1.165) is 4.47 Å². The molecular weight excluding hydrogens is 306 g/mol. The molecule has 1 aliphatic carbocycles. The molecule has 1 N–H and O–H groups in total. The second-order valence-corrected chi connectivity index (χ2v) is 5.67. The maximum absolute atomic E-state index is 13.2. The average Bonchev–Trinajstić information content (AvgIpc) is 2.30. The van der Waals surface area contributed by atoms with E-state index < -0.39 is 17.3 Å². The Morgan fingerprint density at radius 3 is 2.06 bits per heavy atom. The molecule has 2 rings (SSSR count). The van der Waals surface area contributed by atoms with E-state index in [-0.39, 0.29) is 25.7 Å². The molecule has 1 saturated carbocycles. The maximum Gasteiger partial charge on any atom is 0.314 e. The van der Waals surface area contributed by atoms with Gasteiger partial charge in [0.1, 0.15) is 0 Å². The third-order valence-corrected chi connectivity index (χ3v) is 4.17. The summed E-state index contributed by atoms with van der Waals surface area (Å²) in [6.45, 7) is 0. The highest BCUT2D eigenvalue weighted by Gasteiger charge is 2.48. The zero-order valence-electron chi connectivity index (χ0n) is 9.63. The van der Waals surface area contributed by atoms with E-state index >= 15 is 0 Å². The first-order valence-electron chi connectivity index (χ1n) is 5.73. The van der Waals surface area contributed by atoms with Crippen LogP contribution in [0.25, 0.3) is 0 Å². The summed E-state index contributed by atoms with van der Waals surface area (Å²) in [6, 6.07) is 6.88. The summed E-state index contributed by atoms with van der Waals surface area (Å²) >= 11 is 3.27. The van der Waals surface area contributed by atoms with E-state index in [9.17, 15) is 18.7 Å². The lowest BCUT2D eigenvalue weighted by molar-refractivity contribution is -0.149. The summed E-state index contributed by atoms with van der Waals surface area (Å²) in [7, 11) is 0. The Labute approximate surface area is 112 Å². The molecule has 0 radical (unpaired) electrons. The Kier molecular flexibility index (Phi) is 3.45. The first-order chi connectivity index (χ1) is 8.36. The molecule has 0 unspecified atom stereocenters. The van der Waals surface area contributed by atoms with Crippen molar-refractivity contribution in [3.05, 3.63) is 34.3 Å². The first-order valence-corrected chi connectivity index (χ1v) is 6.52. The minimum Gasteiger partial charge on any atom is -0.481 e. The highest BCUT2D eigenvalue weighted by Crippen LogP contribution is 2.45. The van der Waals surface area contributed by atoms with E-state index in [1.807, 2.05) is 0 Å². The number of hydrogen-bond acceptors (Lipinski definition) is 1. The lowest BCUT2D eigenvalue weighted by atomic mass is 9.68. The average molecular weight is 319 g/mol. The van der Waals surface area contributed by atoms with Crippen LogP contribution in [0, 0.1) is 0 Å². The summed E-state index contributed by atoms with van der Waals surface area (Å²) in [4.78, 5) is 11.5. The molecule has 0 amide bonds. The molecule has 98 valence electrons. The van der Waals surface area contributed by atoms with Crippen molar-refractivity contribution < 1.29 is 18.7 Å². The molecule has 1 aromatic carbocycles. The number of benzene rings is 1. The number of carboxylic acids is 1. The van der Waals surface area contributed by atoms with Crippen LogP contribution in [0.2, 0.25) is 0 Å². The van der Waals surface area contributed by atoms with Crippen molar-refractivity contribution in [2.75, 3.05) is 0 Å². The third-order valence-electron chi connectivity index (χ3n) is 3.64. The van der Waals surface area contributed by atoms with E-state index in [0.29, 0.717) is 5.56 Å². The first kappa shape index (κ1) is 13.5. The molecule has 0 aromatic heterocycles. The Bertz CT molecular complexity index is 447. The number of hydrogen-bond donors (Lipinski definition) is 1. The van der Waals surface area contributed by atoms with Crippen LogP contribution in [0.15, 0.2) is 28.7 Å². The molecule has 0 heterocycles. The molecule has 5 heteroatoms. The molecule has 1 fully saturated rings. The van der Waals surface area contributed by atoms with Crippen molar-refractivity contribution in [1.29, 1.82) is 0 Å². The SMILES string of the molecule is O=C(O)C1(c2ccc(Br)cc2)CCC(F)(F)CC1. The van der Waals surface area contributed by atoms with Crippen LogP contribution in [0.4, 0.5) is 8.78 Å². The molecule has 1 aromatic rings. The summed E-state index contributed by atoms with van der Waals surface area (Å²) in [5.74, 6) is -3.74. The van der Waals surface area contributed by atoms with Crippen LogP contribution < -0.4 is 0 Å². The fourth-order valence-corrected chi connectivity index (χ4v) is 2.70. The van der Waals surface area contributed by atoms with Gasteiger partial charge in [-0.05, 0) is 30.5 Å². The second kappa shape index (κ2) is 4.61. The van der Waals surface area contributed by atoms with Gasteiger partial charge in [-0.25, -0.2) is 8.78 Å². The van der Waals surface area contributed by atoms with Crippen LogP contribution in [0.3, 0.4) is 0 Å². The molecule has 0 bridgehead atoms. The van der Waals surface area contributed by atoms with E-state index in [2.05, 4.69) is 15.9 Å². The second-order valence-electron chi connectivity index (χ2n) is 4.75. The van der Waals surface area contributed by atoms with Crippen LogP contribution in [-0.4, -0.2) is 17.0 Å². The summed E-state index contributed by atoms with van der Waals surface area (Å²) < 4.78 is 27.2. The van der Waals surface area contributed by atoms with Crippen molar-refractivity contribution in [3.8, 4) is 0 Å². The standard InChI is InChI=1S/C13H13BrF2O2/c14-10-3-1-9(2-4-10)12(11(17)18)5-7-13(15,16)8-6-12/h1-4H,5-8H2,(H,17,18). The zero-order chi connectivity index (χ0) is 13.4. The normalized spacial score (nSPS) is 21.5. The quantitative estimate of drug-likeness (QED) is 0.895. The largest absolute Gasteiger partial charge is 0.481 e. The summed E-state index contributed by atoms with van der Waals surface area (Å²) in [5, 5.41) is 9.43. The van der Waals surface area contributed by atoms with Crippen molar-refractivity contribution >= 4 is 21.9 Å². The number of halogens is 3. The molecule has 0 saturated heterocycles. The summed E-state index contributed by atoms with van der Waals surface area (Å²) in [5.41, 5.74) is -0.559. The molecule has 2 nitrogen and oxygen atoms in total. The summed E-state index contributed by atoms with van der Waals surface area (Å²) in [6.07, 6.45) is -0.765. The number of carbonyl (C=O) groups is 1. The number of alkyl halides is 2. The predicted molar refractivity (Wildman–Crippen MR) is 66.9 cm³/mol. The van der Waals surface area contributed by atoms with Gasteiger partial charge >= 0.3 is 5.97 Å². The minimum absolute atomic E-state index is 0.0169. The van der Waals surface area contributed by atoms with Crippen molar-refractivity contribution in [2.45, 2.75) is 37.0 Å². The van der Waals surface area contributed by atoms with Crippen LogP contribution in [0.1, 0.15) is 31.2 Å². The van der Waals surface area contributed by atoms with Crippen molar-refractivity contribution in [1.82, 2.24) is 0 Å². The fraction of sp³-hybridized carbons (Fsp3) is 0.462. The Balaban J connectivity index is 2.34. The van der Waals surface area contributed by atoms with Gasteiger partial charge in [-0.1, -0.05) is 28.1 Å². The third kappa shape index (κ3) is 2.41.